The quantitative estimate of drug-likeness (QED) is 0.472. The monoisotopic (exact) mass is 278 g/mol. The molecule has 0 spiro atoms. The molecule has 0 unspecified atom stereocenters. The molecule has 1 N–H and O–H groups in total. The minimum Gasteiger partial charge on any atom is -0.481 e. The van der Waals surface area contributed by atoms with Gasteiger partial charge in [-0.15, -0.1) is 0 Å². The van der Waals surface area contributed by atoms with Crippen LogP contribution in [0.2, 0.25) is 0 Å². The molecule has 0 bridgehead atoms. The highest BCUT2D eigenvalue weighted by Gasteiger charge is 1.95. The fourth-order valence-corrected chi connectivity index (χ4v) is 1.37. The Kier molecular flexibility index (Phi) is 10.7. The van der Waals surface area contributed by atoms with E-state index in [9.17, 15) is 9.59 Å². The first-order chi connectivity index (χ1) is 9.60. The lowest BCUT2D eigenvalue weighted by atomic mass is 10.1. The second-order valence-electron chi connectivity index (χ2n) is 4.10. The lowest BCUT2D eigenvalue weighted by molar-refractivity contribution is -0.138. The van der Waals surface area contributed by atoms with Crippen molar-refractivity contribution < 1.29 is 19.4 Å². The molecule has 4 heteroatoms. The summed E-state index contributed by atoms with van der Waals surface area (Å²) in [4.78, 5) is 20.3. The summed E-state index contributed by atoms with van der Waals surface area (Å²) in [7, 11) is 0. The molecule has 1 aromatic rings. The molecule has 20 heavy (non-hydrogen) atoms. The summed E-state index contributed by atoms with van der Waals surface area (Å²) in [5.74, 6) is -1.06. The number of esters is 1. The predicted octanol–water partition coefficient (Wildman–Crippen LogP) is 3.22. The number of hydrogen-bond acceptors (Lipinski definition) is 3. The van der Waals surface area contributed by atoms with Gasteiger partial charge in [0.2, 0.25) is 0 Å². The number of hydrogen-bond donors (Lipinski definition) is 1. The fraction of sp³-hybridized carbons (Fsp3) is 0.375. The van der Waals surface area contributed by atoms with Crippen LogP contribution in [0.15, 0.2) is 43.0 Å². The van der Waals surface area contributed by atoms with Crippen LogP contribution >= 0.6 is 0 Å². The van der Waals surface area contributed by atoms with E-state index in [-0.39, 0.29) is 5.97 Å². The predicted molar refractivity (Wildman–Crippen MR) is 78.5 cm³/mol. The molecule has 4 nitrogen and oxygen atoms in total. The highest BCUT2D eigenvalue weighted by Crippen LogP contribution is 2.02. The summed E-state index contributed by atoms with van der Waals surface area (Å²) >= 11 is 0. The standard InChI is InChI=1S/C12H14O2.C4H8O2/c1-2-12(13)14-10-6-9-11-7-4-3-5-8-11;1-2-3-4(5)6/h2-5,7-8H,1,6,9-10H2;2-3H2,1H3,(H,5,6). The van der Waals surface area contributed by atoms with Gasteiger partial charge in [-0.3, -0.25) is 4.79 Å². The number of carboxylic acids is 1. The zero-order valence-corrected chi connectivity index (χ0v) is 11.9. The van der Waals surface area contributed by atoms with Gasteiger partial charge in [0.1, 0.15) is 0 Å². The van der Waals surface area contributed by atoms with Crippen molar-refractivity contribution in [3.05, 3.63) is 48.6 Å². The van der Waals surface area contributed by atoms with Gasteiger partial charge in [0.15, 0.2) is 0 Å². The molecular formula is C16H22O4. The number of carbonyl (C=O) groups is 2. The molecule has 0 saturated heterocycles. The molecule has 0 fully saturated rings. The van der Waals surface area contributed by atoms with E-state index in [1.807, 2.05) is 25.1 Å². The molecule has 0 aliphatic carbocycles. The third-order valence-corrected chi connectivity index (χ3v) is 2.33. The van der Waals surface area contributed by atoms with Crippen LogP contribution < -0.4 is 0 Å². The van der Waals surface area contributed by atoms with Gasteiger partial charge in [0.25, 0.3) is 0 Å². The van der Waals surface area contributed by atoms with Gasteiger partial charge in [-0.05, 0) is 24.8 Å². The van der Waals surface area contributed by atoms with Crippen LogP contribution in [0.25, 0.3) is 0 Å². The number of aliphatic carboxylic acids is 1. The number of carboxylic acid groups (broad SMARTS) is 1. The first-order valence-electron chi connectivity index (χ1n) is 6.65. The Morgan fingerprint density at radius 1 is 1.30 bits per heavy atom. The Morgan fingerprint density at radius 3 is 2.40 bits per heavy atom. The van der Waals surface area contributed by atoms with Crippen molar-refractivity contribution in [3.8, 4) is 0 Å². The van der Waals surface area contributed by atoms with Crippen molar-refractivity contribution in [2.24, 2.45) is 0 Å². The molecule has 0 aromatic heterocycles. The summed E-state index contributed by atoms with van der Waals surface area (Å²) in [6, 6.07) is 10.1. The van der Waals surface area contributed by atoms with E-state index < -0.39 is 5.97 Å². The van der Waals surface area contributed by atoms with Crippen LogP contribution in [0.1, 0.15) is 31.7 Å². The minimum atomic E-state index is -0.711. The van der Waals surface area contributed by atoms with Crippen LogP contribution in [0, 0.1) is 0 Å². The Bertz CT molecular complexity index is 398. The van der Waals surface area contributed by atoms with Gasteiger partial charge in [0.05, 0.1) is 6.61 Å². The van der Waals surface area contributed by atoms with Crippen molar-refractivity contribution >= 4 is 11.9 Å². The zero-order chi connectivity index (χ0) is 15.2. The maximum atomic E-state index is 10.7. The molecule has 0 atom stereocenters. The van der Waals surface area contributed by atoms with Crippen molar-refractivity contribution in [2.45, 2.75) is 32.6 Å². The number of ether oxygens (including phenoxy) is 1. The van der Waals surface area contributed by atoms with E-state index in [0.29, 0.717) is 13.0 Å². The highest BCUT2D eigenvalue weighted by atomic mass is 16.5. The minimum absolute atomic E-state index is 0.292. The van der Waals surface area contributed by atoms with Crippen molar-refractivity contribution in [3.63, 3.8) is 0 Å². The molecule has 0 aliphatic heterocycles. The second kappa shape index (κ2) is 12.0. The summed E-state index contributed by atoms with van der Waals surface area (Å²) < 4.78 is 4.86. The van der Waals surface area contributed by atoms with E-state index in [4.69, 9.17) is 9.84 Å². The maximum absolute atomic E-state index is 10.7. The molecule has 0 heterocycles. The third-order valence-electron chi connectivity index (χ3n) is 2.33. The largest absolute Gasteiger partial charge is 0.481 e. The molecule has 1 aromatic carbocycles. The van der Waals surface area contributed by atoms with E-state index in [0.717, 1.165) is 19.3 Å². The Morgan fingerprint density at radius 2 is 1.95 bits per heavy atom. The summed E-state index contributed by atoms with van der Waals surface area (Å²) in [6.07, 6.45) is 3.99. The summed E-state index contributed by atoms with van der Waals surface area (Å²) in [6.45, 7) is 5.62. The van der Waals surface area contributed by atoms with Gasteiger partial charge in [0, 0.05) is 12.5 Å². The maximum Gasteiger partial charge on any atom is 0.330 e. The van der Waals surface area contributed by atoms with Crippen LogP contribution in [0.5, 0.6) is 0 Å². The summed E-state index contributed by atoms with van der Waals surface area (Å²) in [5, 5.41) is 7.91. The Hall–Kier alpha value is -2.10. The highest BCUT2D eigenvalue weighted by molar-refractivity contribution is 5.81. The Labute approximate surface area is 120 Å². The SMILES string of the molecule is C=CC(=O)OCCCc1ccccc1.CCCC(=O)O. The van der Waals surface area contributed by atoms with E-state index in [1.165, 1.54) is 11.6 Å². The molecule has 0 radical (unpaired) electrons. The van der Waals surface area contributed by atoms with Gasteiger partial charge in [-0.25, -0.2) is 4.79 Å². The number of rotatable bonds is 7. The smallest absolute Gasteiger partial charge is 0.330 e. The normalized spacial score (nSPS) is 9.05. The van der Waals surface area contributed by atoms with Crippen LogP contribution in [-0.2, 0) is 20.7 Å². The zero-order valence-electron chi connectivity index (χ0n) is 11.9. The molecule has 1 rings (SSSR count). The molecule has 0 aliphatic rings. The fourth-order valence-electron chi connectivity index (χ4n) is 1.37. The van der Waals surface area contributed by atoms with E-state index in [2.05, 4.69) is 18.7 Å². The lowest BCUT2D eigenvalue weighted by Crippen LogP contribution is -2.02. The first kappa shape index (κ1) is 17.9. The van der Waals surface area contributed by atoms with Crippen molar-refractivity contribution in [1.29, 1.82) is 0 Å². The van der Waals surface area contributed by atoms with Crippen LogP contribution in [0.4, 0.5) is 0 Å². The topological polar surface area (TPSA) is 63.6 Å². The molecule has 0 amide bonds. The third kappa shape index (κ3) is 11.0. The number of aryl methyl sites for hydroxylation is 1. The van der Waals surface area contributed by atoms with Crippen molar-refractivity contribution in [2.75, 3.05) is 6.61 Å². The van der Waals surface area contributed by atoms with Gasteiger partial charge in [-0.2, -0.15) is 0 Å². The van der Waals surface area contributed by atoms with Gasteiger partial charge in [-0.1, -0.05) is 43.8 Å². The van der Waals surface area contributed by atoms with Crippen molar-refractivity contribution in [1.82, 2.24) is 0 Å². The number of carbonyl (C=O) groups excluding carboxylic acids is 1. The lowest BCUT2D eigenvalue weighted by Gasteiger charge is -2.01. The second-order valence-corrected chi connectivity index (χ2v) is 4.10. The molecule has 0 saturated carbocycles. The van der Waals surface area contributed by atoms with Gasteiger partial charge < -0.3 is 9.84 Å². The molecular weight excluding hydrogens is 256 g/mol. The average molecular weight is 278 g/mol. The first-order valence-corrected chi connectivity index (χ1v) is 6.65. The number of benzene rings is 1. The average Bonchev–Trinajstić information content (AvgIpc) is 2.45. The van der Waals surface area contributed by atoms with E-state index in [1.54, 1.807) is 0 Å². The van der Waals surface area contributed by atoms with E-state index >= 15 is 0 Å². The van der Waals surface area contributed by atoms with Crippen LogP contribution in [-0.4, -0.2) is 23.7 Å². The van der Waals surface area contributed by atoms with Gasteiger partial charge >= 0.3 is 11.9 Å². The molecule has 110 valence electrons. The summed E-state index contributed by atoms with van der Waals surface area (Å²) in [5.41, 5.74) is 1.27. The van der Waals surface area contributed by atoms with Crippen LogP contribution in [0.3, 0.4) is 0 Å². The Balaban J connectivity index is 0.000000511.